The molecule has 32 heavy (non-hydrogen) atoms. The van der Waals surface area contributed by atoms with Gasteiger partial charge < -0.3 is 29.4 Å². The number of esters is 1. The first-order valence-corrected chi connectivity index (χ1v) is 10.3. The minimum Gasteiger partial charge on any atom is -0.508 e. The van der Waals surface area contributed by atoms with Crippen molar-refractivity contribution in [1.82, 2.24) is 5.32 Å². The zero-order valence-corrected chi connectivity index (χ0v) is 18.9. The predicted molar refractivity (Wildman–Crippen MR) is 116 cm³/mol. The summed E-state index contributed by atoms with van der Waals surface area (Å²) in [7, 11) is 0. The van der Waals surface area contributed by atoms with E-state index in [9.17, 15) is 14.7 Å². The van der Waals surface area contributed by atoms with Gasteiger partial charge in [0.15, 0.2) is 0 Å². The van der Waals surface area contributed by atoms with Gasteiger partial charge in [-0.15, -0.1) is 0 Å². The SMILES string of the molecule is CC(C)(C)OC(=O)N[C@H](COCc1ccccc1)c1cc(O)cc2c1C(=O)OC(C)(C)O2. The minimum absolute atomic E-state index is 0.0146. The highest BCUT2D eigenvalue weighted by molar-refractivity contribution is 5.96. The van der Waals surface area contributed by atoms with Crippen LogP contribution in [0, 0.1) is 0 Å². The highest BCUT2D eigenvalue weighted by atomic mass is 16.7. The Kier molecular flexibility index (Phi) is 6.64. The van der Waals surface area contributed by atoms with Crippen molar-refractivity contribution in [3.8, 4) is 11.5 Å². The third-order valence-corrected chi connectivity index (χ3v) is 4.48. The van der Waals surface area contributed by atoms with Crippen LogP contribution in [0.5, 0.6) is 11.5 Å². The molecule has 0 aromatic heterocycles. The molecule has 8 heteroatoms. The molecule has 3 rings (SSSR count). The zero-order chi connectivity index (χ0) is 23.5. The van der Waals surface area contributed by atoms with E-state index in [4.69, 9.17) is 18.9 Å². The topological polar surface area (TPSA) is 103 Å². The lowest BCUT2D eigenvalue weighted by atomic mass is 9.98. The van der Waals surface area contributed by atoms with Gasteiger partial charge in [-0.05, 0) is 38.0 Å². The maximum atomic E-state index is 12.8. The molecule has 1 heterocycles. The first-order chi connectivity index (χ1) is 14.9. The van der Waals surface area contributed by atoms with Crippen molar-refractivity contribution in [2.75, 3.05) is 6.61 Å². The second-order valence-electron chi connectivity index (χ2n) is 9.00. The van der Waals surface area contributed by atoms with Gasteiger partial charge in [0.2, 0.25) is 5.79 Å². The largest absolute Gasteiger partial charge is 0.508 e. The number of nitrogens with one attached hydrogen (secondary N) is 1. The van der Waals surface area contributed by atoms with E-state index < -0.39 is 29.5 Å². The van der Waals surface area contributed by atoms with Gasteiger partial charge >= 0.3 is 12.1 Å². The van der Waals surface area contributed by atoms with Gasteiger partial charge in [0.05, 0.1) is 19.3 Å². The summed E-state index contributed by atoms with van der Waals surface area (Å²) in [4.78, 5) is 25.3. The maximum absolute atomic E-state index is 12.8. The van der Waals surface area contributed by atoms with Crippen molar-refractivity contribution in [1.29, 1.82) is 0 Å². The number of hydrogen-bond acceptors (Lipinski definition) is 7. The number of cyclic esters (lactones) is 1. The average molecular weight is 443 g/mol. The van der Waals surface area contributed by atoms with Crippen molar-refractivity contribution in [3.63, 3.8) is 0 Å². The normalized spacial score (nSPS) is 15.7. The van der Waals surface area contributed by atoms with E-state index >= 15 is 0 Å². The molecule has 2 aromatic rings. The number of fused-ring (bicyclic) bond motifs is 1. The molecule has 8 nitrogen and oxygen atoms in total. The number of rotatable bonds is 6. The quantitative estimate of drug-likeness (QED) is 0.635. The fourth-order valence-electron chi connectivity index (χ4n) is 3.28. The molecule has 0 radical (unpaired) electrons. The summed E-state index contributed by atoms with van der Waals surface area (Å²) in [6, 6.07) is 11.5. The van der Waals surface area contributed by atoms with Crippen LogP contribution in [-0.4, -0.2) is 35.2 Å². The lowest BCUT2D eigenvalue weighted by Gasteiger charge is -2.34. The maximum Gasteiger partial charge on any atom is 0.408 e. The molecule has 1 amide bonds. The Labute approximate surface area is 187 Å². The lowest BCUT2D eigenvalue weighted by Crippen LogP contribution is -2.41. The number of phenolic OH excluding ortho intramolecular Hbond substituents is 1. The summed E-state index contributed by atoms with van der Waals surface area (Å²) in [6.07, 6.45) is -0.687. The van der Waals surface area contributed by atoms with Crippen LogP contribution in [-0.2, 0) is 20.8 Å². The van der Waals surface area contributed by atoms with Gasteiger partial charge in [-0.25, -0.2) is 9.59 Å². The fourth-order valence-corrected chi connectivity index (χ4v) is 3.28. The number of aromatic hydroxyl groups is 1. The van der Waals surface area contributed by atoms with Crippen LogP contribution in [0.2, 0.25) is 0 Å². The van der Waals surface area contributed by atoms with Crippen molar-refractivity contribution < 1.29 is 33.6 Å². The summed E-state index contributed by atoms with van der Waals surface area (Å²) in [5.41, 5.74) is 0.654. The van der Waals surface area contributed by atoms with E-state index in [1.54, 1.807) is 34.6 Å². The Balaban J connectivity index is 1.91. The molecule has 0 fully saturated rings. The van der Waals surface area contributed by atoms with E-state index in [0.29, 0.717) is 12.2 Å². The molecule has 0 saturated heterocycles. The van der Waals surface area contributed by atoms with Crippen LogP contribution in [0.3, 0.4) is 0 Å². The number of carbonyl (C=O) groups excluding carboxylic acids is 2. The molecule has 172 valence electrons. The van der Waals surface area contributed by atoms with Crippen LogP contribution in [0.4, 0.5) is 4.79 Å². The average Bonchev–Trinajstić information content (AvgIpc) is 2.64. The number of hydrogen-bond donors (Lipinski definition) is 2. The van der Waals surface area contributed by atoms with Crippen LogP contribution >= 0.6 is 0 Å². The highest BCUT2D eigenvalue weighted by Gasteiger charge is 2.38. The number of ether oxygens (including phenoxy) is 4. The van der Waals surface area contributed by atoms with Gasteiger partial charge in [0.1, 0.15) is 22.7 Å². The Hall–Kier alpha value is -3.26. The minimum atomic E-state index is -1.19. The third kappa shape index (κ3) is 6.13. The number of alkyl carbamates (subject to hydrolysis) is 1. The van der Waals surface area contributed by atoms with Gasteiger partial charge in [-0.2, -0.15) is 0 Å². The van der Waals surface area contributed by atoms with Crippen molar-refractivity contribution in [3.05, 3.63) is 59.2 Å². The van der Waals surface area contributed by atoms with Crippen molar-refractivity contribution in [2.24, 2.45) is 0 Å². The molecular weight excluding hydrogens is 414 g/mol. The number of phenols is 1. The van der Waals surface area contributed by atoms with E-state index in [1.807, 2.05) is 30.3 Å². The van der Waals surface area contributed by atoms with Gasteiger partial charge in [0.25, 0.3) is 0 Å². The van der Waals surface area contributed by atoms with E-state index in [1.165, 1.54) is 12.1 Å². The molecule has 0 aliphatic carbocycles. The van der Waals surface area contributed by atoms with Crippen molar-refractivity contribution >= 4 is 12.1 Å². The second kappa shape index (κ2) is 9.08. The fraction of sp³-hybridized carbons (Fsp3) is 0.417. The zero-order valence-electron chi connectivity index (χ0n) is 18.9. The van der Waals surface area contributed by atoms with Crippen LogP contribution < -0.4 is 10.1 Å². The molecule has 1 atom stereocenters. The van der Waals surface area contributed by atoms with Gasteiger partial charge in [-0.3, -0.25) is 0 Å². The lowest BCUT2D eigenvalue weighted by molar-refractivity contribution is -0.127. The number of amides is 1. The molecule has 2 aromatic carbocycles. The Morgan fingerprint density at radius 3 is 2.50 bits per heavy atom. The van der Waals surface area contributed by atoms with Crippen LogP contribution in [0.25, 0.3) is 0 Å². The summed E-state index contributed by atoms with van der Waals surface area (Å²) in [6.45, 7) is 8.74. The molecule has 0 bridgehead atoms. The highest BCUT2D eigenvalue weighted by Crippen LogP contribution is 2.39. The van der Waals surface area contributed by atoms with E-state index in [2.05, 4.69) is 5.32 Å². The van der Waals surface area contributed by atoms with E-state index in [-0.39, 0.29) is 23.7 Å². The summed E-state index contributed by atoms with van der Waals surface area (Å²) < 4.78 is 22.3. The smallest absolute Gasteiger partial charge is 0.408 e. The molecule has 0 unspecified atom stereocenters. The van der Waals surface area contributed by atoms with Crippen molar-refractivity contribution in [2.45, 2.75) is 58.7 Å². The predicted octanol–water partition coefficient (Wildman–Crippen LogP) is 4.46. The first-order valence-electron chi connectivity index (χ1n) is 10.3. The van der Waals surface area contributed by atoms with E-state index in [0.717, 1.165) is 5.56 Å². The Morgan fingerprint density at radius 1 is 1.16 bits per heavy atom. The molecular formula is C24H29NO7. The monoisotopic (exact) mass is 443 g/mol. The molecule has 1 aliphatic heterocycles. The van der Waals surface area contributed by atoms with Gasteiger partial charge in [0, 0.05) is 19.9 Å². The first kappa shape index (κ1) is 23.4. The Bertz CT molecular complexity index is 980. The molecule has 2 N–H and O–H groups in total. The molecule has 0 saturated carbocycles. The van der Waals surface area contributed by atoms with Crippen LogP contribution in [0.1, 0.15) is 62.1 Å². The molecule has 0 spiro atoms. The summed E-state index contributed by atoms with van der Waals surface area (Å²) in [5.74, 6) is -1.76. The number of carbonyl (C=O) groups is 2. The van der Waals surface area contributed by atoms with Gasteiger partial charge in [-0.1, -0.05) is 30.3 Å². The molecule has 1 aliphatic rings. The summed E-state index contributed by atoms with van der Waals surface area (Å²) >= 11 is 0. The third-order valence-electron chi connectivity index (χ3n) is 4.48. The standard InChI is InChI=1S/C24H29NO7/c1-23(2,3)32-22(28)25-18(14-29-13-15-9-7-6-8-10-15)17-11-16(26)12-19-20(17)21(27)31-24(4,5)30-19/h6-12,18,26H,13-14H2,1-5H3,(H,25,28)/t18-/m1/s1. The number of benzene rings is 2. The second-order valence-corrected chi connectivity index (χ2v) is 9.00. The Morgan fingerprint density at radius 2 is 1.84 bits per heavy atom. The summed E-state index contributed by atoms with van der Waals surface area (Å²) in [5, 5.41) is 13.0. The van der Waals surface area contributed by atoms with Crippen LogP contribution in [0.15, 0.2) is 42.5 Å².